The number of para-hydroxylation sites is 1. The molecule has 2 amide bonds. The van der Waals surface area contributed by atoms with Crippen molar-refractivity contribution in [3.63, 3.8) is 0 Å². The maximum atomic E-state index is 13.5. The number of carbonyl (C=O) groups excluding carboxylic acids is 2. The molecule has 0 aromatic heterocycles. The number of anilines is 1. The van der Waals surface area contributed by atoms with Crippen LogP contribution in [0.15, 0.2) is 30.3 Å². The highest BCUT2D eigenvalue weighted by Crippen LogP contribution is 2.60. The van der Waals surface area contributed by atoms with Gasteiger partial charge in [0.2, 0.25) is 11.8 Å². The summed E-state index contributed by atoms with van der Waals surface area (Å²) in [7, 11) is 0. The molecule has 1 aliphatic heterocycles. The van der Waals surface area contributed by atoms with Crippen LogP contribution in [0.4, 0.5) is 5.69 Å². The Bertz CT molecular complexity index is 827. The normalized spacial score (nSPS) is 31.5. The molecule has 1 unspecified atom stereocenters. The van der Waals surface area contributed by atoms with Crippen molar-refractivity contribution >= 4 is 17.5 Å². The Balaban J connectivity index is 1.09. The highest BCUT2D eigenvalue weighted by Gasteiger charge is 2.55. The smallest absolute Gasteiger partial charge is 0.242 e. The van der Waals surface area contributed by atoms with Crippen LogP contribution < -0.4 is 15.5 Å². The number of hydrogen-bond acceptors (Lipinski definition) is 4. The molecular weight excluding hydrogens is 424 g/mol. The minimum atomic E-state index is -0.449. The summed E-state index contributed by atoms with van der Waals surface area (Å²) in [5.41, 5.74) is 1.07. The number of benzene rings is 1. The second-order valence-electron chi connectivity index (χ2n) is 11.8. The van der Waals surface area contributed by atoms with Crippen molar-refractivity contribution in [2.24, 2.45) is 29.1 Å². The van der Waals surface area contributed by atoms with Gasteiger partial charge in [-0.15, -0.1) is 0 Å². The Morgan fingerprint density at radius 1 is 0.941 bits per heavy atom. The minimum Gasteiger partial charge on any atom is -0.369 e. The molecule has 4 saturated carbocycles. The Hall–Kier alpha value is -2.08. The molecule has 6 heteroatoms. The van der Waals surface area contributed by atoms with Crippen LogP contribution in [0.25, 0.3) is 0 Å². The van der Waals surface area contributed by atoms with E-state index in [0.717, 1.165) is 69.7 Å². The quantitative estimate of drug-likeness (QED) is 0.617. The van der Waals surface area contributed by atoms with E-state index in [-0.39, 0.29) is 23.1 Å². The van der Waals surface area contributed by atoms with E-state index in [1.807, 2.05) is 13.8 Å². The predicted molar refractivity (Wildman–Crippen MR) is 135 cm³/mol. The van der Waals surface area contributed by atoms with Gasteiger partial charge < -0.3 is 15.5 Å². The number of amides is 2. The van der Waals surface area contributed by atoms with Gasteiger partial charge in [-0.1, -0.05) is 32.0 Å². The summed E-state index contributed by atoms with van der Waals surface area (Å²) in [5, 5.41) is 6.34. The zero-order valence-electron chi connectivity index (χ0n) is 21.0. The van der Waals surface area contributed by atoms with Crippen molar-refractivity contribution < 1.29 is 9.59 Å². The summed E-state index contributed by atoms with van der Waals surface area (Å²) in [6.45, 7) is 9.56. The number of carbonyl (C=O) groups is 2. The monoisotopic (exact) mass is 466 g/mol. The summed E-state index contributed by atoms with van der Waals surface area (Å²) in [4.78, 5) is 31.4. The summed E-state index contributed by atoms with van der Waals surface area (Å²) in [6, 6.07) is 10.1. The van der Waals surface area contributed by atoms with E-state index in [1.165, 1.54) is 24.9 Å². The van der Waals surface area contributed by atoms with Crippen LogP contribution in [0.3, 0.4) is 0 Å². The van der Waals surface area contributed by atoms with Gasteiger partial charge in [-0.25, -0.2) is 0 Å². The first kappa shape index (κ1) is 23.7. The number of rotatable bonds is 8. The molecule has 1 aromatic rings. The molecule has 1 atom stereocenters. The van der Waals surface area contributed by atoms with E-state index in [9.17, 15) is 9.59 Å². The van der Waals surface area contributed by atoms with Gasteiger partial charge in [-0.2, -0.15) is 0 Å². The van der Waals surface area contributed by atoms with Gasteiger partial charge in [-0.3, -0.25) is 14.5 Å². The fraction of sp³-hybridized carbons (Fsp3) is 0.714. The van der Waals surface area contributed by atoms with E-state index in [0.29, 0.717) is 6.54 Å². The average Bonchev–Trinajstić information content (AvgIpc) is 2.82. The van der Waals surface area contributed by atoms with Crippen LogP contribution in [-0.2, 0) is 9.59 Å². The standard InChI is InChI=1S/C28H42N4O2/c1-20(2)25(30-27(34)28-17-21-14-22(18-28)16-23(15-21)19-28)26(33)29-8-9-31-10-12-32(13-11-31)24-6-4-3-5-7-24/h3-7,20-23,25H,8-19H2,1-2H3,(H,29,33)(H,30,34). The van der Waals surface area contributed by atoms with Crippen LogP contribution in [-0.4, -0.2) is 62.0 Å². The number of nitrogens with zero attached hydrogens (tertiary/aromatic N) is 2. The Morgan fingerprint density at radius 2 is 1.53 bits per heavy atom. The van der Waals surface area contributed by atoms with Gasteiger partial charge in [0.05, 0.1) is 0 Å². The third kappa shape index (κ3) is 4.98. The van der Waals surface area contributed by atoms with Gasteiger partial charge in [0.15, 0.2) is 0 Å². The first-order valence-corrected chi connectivity index (χ1v) is 13.5. The molecule has 6 nitrogen and oxygen atoms in total. The molecule has 5 aliphatic rings. The minimum absolute atomic E-state index is 0.0315. The lowest BCUT2D eigenvalue weighted by molar-refractivity contribution is -0.149. The largest absolute Gasteiger partial charge is 0.369 e. The van der Waals surface area contributed by atoms with Crippen LogP contribution in [0.2, 0.25) is 0 Å². The summed E-state index contributed by atoms with van der Waals surface area (Å²) in [6.07, 6.45) is 7.06. The SMILES string of the molecule is CC(C)C(NC(=O)C12CC3CC(CC(C3)C1)C2)C(=O)NCCN1CCN(c2ccccc2)CC1. The zero-order chi connectivity index (χ0) is 23.7. The molecule has 4 bridgehead atoms. The first-order valence-electron chi connectivity index (χ1n) is 13.5. The van der Waals surface area contributed by atoms with Gasteiger partial charge in [0.1, 0.15) is 6.04 Å². The molecule has 34 heavy (non-hydrogen) atoms. The molecule has 1 saturated heterocycles. The molecule has 6 rings (SSSR count). The lowest BCUT2D eigenvalue weighted by atomic mass is 9.49. The van der Waals surface area contributed by atoms with E-state index in [4.69, 9.17) is 0 Å². The summed E-state index contributed by atoms with van der Waals surface area (Å²) in [5.74, 6) is 2.38. The molecule has 4 aliphatic carbocycles. The Labute approximate surface area is 204 Å². The lowest BCUT2D eigenvalue weighted by Crippen LogP contribution is -2.58. The number of piperazine rings is 1. The van der Waals surface area contributed by atoms with Gasteiger partial charge in [0.25, 0.3) is 0 Å². The molecule has 1 heterocycles. The highest BCUT2D eigenvalue weighted by atomic mass is 16.2. The third-order valence-electron chi connectivity index (χ3n) is 8.98. The topological polar surface area (TPSA) is 64.7 Å². The van der Waals surface area contributed by atoms with Gasteiger partial charge in [0, 0.05) is 50.4 Å². The highest BCUT2D eigenvalue weighted by molar-refractivity contribution is 5.90. The van der Waals surface area contributed by atoms with Crippen LogP contribution in [0.5, 0.6) is 0 Å². The molecular formula is C28H42N4O2. The second kappa shape index (κ2) is 9.88. The fourth-order valence-electron chi connectivity index (χ4n) is 7.53. The van der Waals surface area contributed by atoms with Crippen LogP contribution >= 0.6 is 0 Å². The average molecular weight is 467 g/mol. The zero-order valence-corrected chi connectivity index (χ0v) is 21.0. The van der Waals surface area contributed by atoms with Crippen molar-refractivity contribution in [1.29, 1.82) is 0 Å². The molecule has 5 fully saturated rings. The van der Waals surface area contributed by atoms with Crippen molar-refractivity contribution in [3.05, 3.63) is 30.3 Å². The number of nitrogens with one attached hydrogen (secondary N) is 2. The van der Waals surface area contributed by atoms with Crippen LogP contribution in [0, 0.1) is 29.1 Å². The van der Waals surface area contributed by atoms with E-state index in [1.54, 1.807) is 0 Å². The van der Waals surface area contributed by atoms with E-state index in [2.05, 4.69) is 50.8 Å². The molecule has 0 spiro atoms. The first-order chi connectivity index (χ1) is 16.4. The lowest BCUT2D eigenvalue weighted by Gasteiger charge is -2.55. The van der Waals surface area contributed by atoms with Crippen molar-refractivity contribution in [2.45, 2.75) is 58.4 Å². The Kier molecular flexibility index (Phi) is 6.88. The van der Waals surface area contributed by atoms with Gasteiger partial charge >= 0.3 is 0 Å². The summed E-state index contributed by atoms with van der Waals surface area (Å²) >= 11 is 0. The predicted octanol–water partition coefficient (Wildman–Crippen LogP) is 3.28. The number of hydrogen-bond donors (Lipinski definition) is 2. The second-order valence-corrected chi connectivity index (χ2v) is 11.8. The van der Waals surface area contributed by atoms with E-state index < -0.39 is 6.04 Å². The maximum Gasteiger partial charge on any atom is 0.242 e. The molecule has 0 radical (unpaired) electrons. The third-order valence-corrected chi connectivity index (χ3v) is 8.98. The molecule has 186 valence electrons. The van der Waals surface area contributed by atoms with Crippen molar-refractivity contribution in [2.75, 3.05) is 44.2 Å². The molecule has 2 N–H and O–H groups in total. The van der Waals surface area contributed by atoms with E-state index >= 15 is 0 Å². The maximum absolute atomic E-state index is 13.5. The Morgan fingerprint density at radius 3 is 2.09 bits per heavy atom. The fourth-order valence-corrected chi connectivity index (χ4v) is 7.53. The van der Waals surface area contributed by atoms with Crippen molar-refractivity contribution in [1.82, 2.24) is 15.5 Å². The van der Waals surface area contributed by atoms with Crippen molar-refractivity contribution in [3.8, 4) is 0 Å². The van der Waals surface area contributed by atoms with Gasteiger partial charge in [-0.05, 0) is 74.3 Å². The van der Waals surface area contributed by atoms with Crippen LogP contribution in [0.1, 0.15) is 52.4 Å². The molecule has 1 aromatic carbocycles. The summed E-state index contributed by atoms with van der Waals surface area (Å²) < 4.78 is 0.